The number of hydrogen-bond acceptors (Lipinski definition) is 3. The molecule has 0 saturated carbocycles. The first kappa shape index (κ1) is 10.2. The number of quaternary nitrogens is 1. The molecule has 2 unspecified atom stereocenters. The van der Waals surface area contributed by atoms with Crippen molar-refractivity contribution < 1.29 is 9.99 Å². The highest BCUT2D eigenvalue weighted by molar-refractivity contribution is 6.24. The molecule has 13 heavy (non-hydrogen) atoms. The summed E-state index contributed by atoms with van der Waals surface area (Å²) in [6, 6.07) is 0. The number of nitrogens with zero attached hydrogens (tertiary/aromatic N) is 1. The molecule has 1 rings (SSSR count). The predicted molar refractivity (Wildman–Crippen MR) is 47.4 cm³/mol. The van der Waals surface area contributed by atoms with Crippen LogP contribution in [0.1, 0.15) is 13.8 Å². The molecule has 72 valence electrons. The molecule has 0 aromatic heterocycles. The first-order valence-electron chi connectivity index (χ1n) is 3.64. The van der Waals surface area contributed by atoms with Gasteiger partial charge in [-0.3, -0.25) is 10.1 Å². The van der Waals surface area contributed by atoms with Gasteiger partial charge in [-0.05, 0) is 18.5 Å². The lowest BCUT2D eigenvalue weighted by molar-refractivity contribution is -0.828. The zero-order valence-electron chi connectivity index (χ0n) is 7.20. The number of nitrogens with one attached hydrogen (secondary N) is 1. The van der Waals surface area contributed by atoms with E-state index in [9.17, 15) is 15.3 Å². The summed E-state index contributed by atoms with van der Waals surface area (Å²) < 4.78 is 0. The summed E-state index contributed by atoms with van der Waals surface area (Å²) in [6.07, 6.45) is 2.32. The molecule has 0 saturated heterocycles. The van der Waals surface area contributed by atoms with Crippen LogP contribution in [0.2, 0.25) is 0 Å². The third-order valence-corrected chi connectivity index (χ3v) is 2.61. The van der Waals surface area contributed by atoms with Crippen LogP contribution in [0.4, 0.5) is 0 Å². The van der Waals surface area contributed by atoms with E-state index in [1.54, 1.807) is 0 Å². The Morgan fingerprint density at radius 3 is 2.69 bits per heavy atom. The van der Waals surface area contributed by atoms with Gasteiger partial charge >= 0.3 is 0 Å². The standard InChI is InChI=1S/C7H9ClN2O3/c1-5-6(10(12)13)3-4-9(11)7(5,2)8/h3-4,9H,1-2H3. The van der Waals surface area contributed by atoms with Gasteiger partial charge in [0.2, 0.25) is 5.00 Å². The Hall–Kier alpha value is -0.910. The molecule has 0 fully saturated rings. The van der Waals surface area contributed by atoms with Crippen LogP contribution < -0.4 is 5.06 Å². The first-order chi connectivity index (χ1) is 5.87. The molecule has 6 heteroatoms. The molecule has 5 nitrogen and oxygen atoms in total. The number of hydroxylamine groups is 2. The number of hydrogen-bond donors (Lipinski definition) is 1. The first-order valence-corrected chi connectivity index (χ1v) is 4.02. The SMILES string of the molecule is CC1=C([N+](=O)[O-])C=C[NH+]([O-])C1(C)Cl. The van der Waals surface area contributed by atoms with Crippen molar-refractivity contribution in [3.8, 4) is 0 Å². The van der Waals surface area contributed by atoms with Crippen LogP contribution in [0, 0.1) is 15.3 Å². The monoisotopic (exact) mass is 204 g/mol. The van der Waals surface area contributed by atoms with E-state index < -0.39 is 9.92 Å². The van der Waals surface area contributed by atoms with E-state index in [1.807, 2.05) is 0 Å². The minimum atomic E-state index is -1.27. The van der Waals surface area contributed by atoms with Crippen LogP contribution in [0.3, 0.4) is 0 Å². The molecule has 1 aliphatic rings. The molecule has 1 aliphatic heterocycles. The smallest absolute Gasteiger partial charge is 0.281 e. The molecule has 0 aromatic rings. The van der Waals surface area contributed by atoms with E-state index in [0.29, 0.717) is 0 Å². The Balaban J connectivity index is 3.19. The molecule has 0 spiro atoms. The lowest BCUT2D eigenvalue weighted by Crippen LogP contribution is -3.11. The lowest BCUT2D eigenvalue weighted by atomic mass is 10.1. The fourth-order valence-electron chi connectivity index (χ4n) is 1.06. The summed E-state index contributed by atoms with van der Waals surface area (Å²) in [5.41, 5.74) is 0.184. The second kappa shape index (κ2) is 3.10. The lowest BCUT2D eigenvalue weighted by Gasteiger charge is -2.34. The fourth-order valence-corrected chi connectivity index (χ4v) is 1.22. The molecule has 0 amide bonds. The zero-order chi connectivity index (χ0) is 10.2. The summed E-state index contributed by atoms with van der Waals surface area (Å²) in [7, 11) is 0. The molecule has 1 heterocycles. The minimum absolute atomic E-state index is 0.0999. The number of nitro groups is 1. The van der Waals surface area contributed by atoms with Crippen LogP contribution >= 0.6 is 11.6 Å². The Kier molecular flexibility index (Phi) is 2.42. The molecule has 1 N–H and O–H groups in total. The van der Waals surface area contributed by atoms with Crippen LogP contribution in [-0.4, -0.2) is 9.92 Å². The van der Waals surface area contributed by atoms with E-state index in [0.717, 1.165) is 6.20 Å². The van der Waals surface area contributed by atoms with Crippen molar-refractivity contribution in [3.63, 3.8) is 0 Å². The predicted octanol–water partition coefficient (Wildman–Crippen LogP) is 0.402. The molecule has 0 aliphatic carbocycles. The number of allylic oxidation sites excluding steroid dienone is 1. The van der Waals surface area contributed by atoms with E-state index in [-0.39, 0.29) is 16.3 Å². The second-order valence-electron chi connectivity index (χ2n) is 2.97. The van der Waals surface area contributed by atoms with Gasteiger partial charge in [0, 0.05) is 6.92 Å². The highest BCUT2D eigenvalue weighted by Gasteiger charge is 2.38. The molecular weight excluding hydrogens is 196 g/mol. The minimum Gasteiger partial charge on any atom is -0.628 e. The van der Waals surface area contributed by atoms with Gasteiger partial charge in [-0.15, -0.1) is 0 Å². The molecule has 0 radical (unpaired) electrons. The van der Waals surface area contributed by atoms with E-state index in [1.165, 1.54) is 19.9 Å². The number of rotatable bonds is 1. The van der Waals surface area contributed by atoms with Gasteiger partial charge in [0.05, 0.1) is 16.6 Å². The maximum Gasteiger partial charge on any atom is 0.281 e. The van der Waals surface area contributed by atoms with Gasteiger partial charge in [0.1, 0.15) is 6.20 Å². The molecule has 0 aromatic carbocycles. The van der Waals surface area contributed by atoms with E-state index in [4.69, 9.17) is 11.6 Å². The summed E-state index contributed by atoms with van der Waals surface area (Å²) in [5.74, 6) is 0. The van der Waals surface area contributed by atoms with Gasteiger partial charge in [0.25, 0.3) is 5.70 Å². The van der Waals surface area contributed by atoms with Crippen molar-refractivity contribution in [3.05, 3.63) is 38.9 Å². The molecular formula is C7H9ClN2O3. The number of alkyl halides is 1. The van der Waals surface area contributed by atoms with Crippen molar-refractivity contribution in [1.82, 2.24) is 0 Å². The van der Waals surface area contributed by atoms with Gasteiger partial charge in [-0.25, -0.2) is 0 Å². The third kappa shape index (κ3) is 1.58. The van der Waals surface area contributed by atoms with Gasteiger partial charge < -0.3 is 10.3 Å². The average molecular weight is 205 g/mol. The maximum absolute atomic E-state index is 11.2. The number of halogens is 1. The fraction of sp³-hybridized carbons (Fsp3) is 0.429. The maximum atomic E-state index is 11.2. The topological polar surface area (TPSA) is 70.6 Å². The quantitative estimate of drug-likeness (QED) is 0.221. The van der Waals surface area contributed by atoms with Gasteiger partial charge in [0.15, 0.2) is 0 Å². The van der Waals surface area contributed by atoms with Gasteiger partial charge in [-0.1, -0.05) is 0 Å². The third-order valence-electron chi connectivity index (χ3n) is 2.14. The van der Waals surface area contributed by atoms with Gasteiger partial charge in [-0.2, -0.15) is 0 Å². The van der Waals surface area contributed by atoms with Crippen LogP contribution in [0.5, 0.6) is 0 Å². The molecule has 2 atom stereocenters. The van der Waals surface area contributed by atoms with Crippen molar-refractivity contribution >= 4 is 11.6 Å². The summed E-state index contributed by atoms with van der Waals surface area (Å²) in [4.78, 5) is 8.68. The van der Waals surface area contributed by atoms with E-state index >= 15 is 0 Å². The largest absolute Gasteiger partial charge is 0.628 e. The average Bonchev–Trinajstić information content (AvgIpc) is 2.01. The Morgan fingerprint density at radius 1 is 1.69 bits per heavy atom. The van der Waals surface area contributed by atoms with Crippen LogP contribution in [-0.2, 0) is 0 Å². The highest BCUT2D eigenvalue weighted by Crippen LogP contribution is 2.24. The zero-order valence-corrected chi connectivity index (χ0v) is 7.96. The second-order valence-corrected chi connectivity index (χ2v) is 3.72. The summed E-state index contributed by atoms with van der Waals surface area (Å²) in [5, 5.41) is 21.4. The Bertz CT molecular complexity index is 309. The van der Waals surface area contributed by atoms with Crippen molar-refractivity contribution in [2.75, 3.05) is 0 Å². The highest BCUT2D eigenvalue weighted by atomic mass is 35.5. The Morgan fingerprint density at radius 2 is 2.23 bits per heavy atom. The van der Waals surface area contributed by atoms with E-state index in [2.05, 4.69) is 0 Å². The van der Waals surface area contributed by atoms with Crippen molar-refractivity contribution in [2.24, 2.45) is 0 Å². The van der Waals surface area contributed by atoms with Crippen molar-refractivity contribution in [1.29, 1.82) is 0 Å². The molecule has 0 bridgehead atoms. The summed E-state index contributed by atoms with van der Waals surface area (Å²) >= 11 is 5.85. The summed E-state index contributed by atoms with van der Waals surface area (Å²) in [6.45, 7) is 2.95. The van der Waals surface area contributed by atoms with Crippen LogP contribution in [0.15, 0.2) is 23.5 Å². The van der Waals surface area contributed by atoms with Crippen LogP contribution in [0.25, 0.3) is 0 Å². The Labute approximate surface area is 80.0 Å². The van der Waals surface area contributed by atoms with Crippen molar-refractivity contribution in [2.45, 2.75) is 18.8 Å². The normalized spacial score (nSPS) is 33.7.